The molecule has 4 aliphatic rings. The number of likely N-dealkylation sites (tertiary alicyclic amines) is 1. The molecule has 4 N–H and O–H groups in total. The van der Waals surface area contributed by atoms with Gasteiger partial charge in [-0.05, 0) is 50.9 Å². The Morgan fingerprint density at radius 2 is 2.06 bits per heavy atom. The number of amides is 2. The molecule has 0 aromatic heterocycles. The van der Waals surface area contributed by atoms with E-state index in [2.05, 4.69) is 15.5 Å². The van der Waals surface area contributed by atoms with Gasteiger partial charge in [-0.3, -0.25) is 9.59 Å². The van der Waals surface area contributed by atoms with Crippen LogP contribution in [0, 0.1) is 0 Å². The summed E-state index contributed by atoms with van der Waals surface area (Å²) in [6, 6.07) is 3.21. The van der Waals surface area contributed by atoms with Gasteiger partial charge in [0.1, 0.15) is 19.3 Å². The summed E-state index contributed by atoms with van der Waals surface area (Å²) < 4.78 is 11.5. The van der Waals surface area contributed by atoms with Crippen LogP contribution in [-0.2, 0) is 26.2 Å². The third kappa shape index (κ3) is 2.73. The number of hydrogen-bond donors (Lipinski definition) is 4. The van der Waals surface area contributed by atoms with Crippen LogP contribution in [0.2, 0.25) is 0 Å². The Balaban J connectivity index is 1.45. The number of aromatic hydroxyl groups is 1. The van der Waals surface area contributed by atoms with Gasteiger partial charge in [0.05, 0.1) is 17.1 Å². The van der Waals surface area contributed by atoms with Crippen molar-refractivity contribution >= 4 is 11.8 Å². The molecule has 2 aliphatic carbocycles. The molecular weight excluding hydrogens is 402 g/mol. The van der Waals surface area contributed by atoms with Crippen molar-refractivity contribution in [1.29, 1.82) is 0 Å². The molecule has 1 saturated carbocycles. The molecule has 5 rings (SSSR count). The quantitative estimate of drug-likeness (QED) is 0.493. The molecule has 9 nitrogen and oxygen atoms in total. The molecule has 1 unspecified atom stereocenters. The molecule has 5 atom stereocenters. The average molecular weight is 431 g/mol. The monoisotopic (exact) mass is 431 g/mol. The minimum absolute atomic E-state index is 0.0390. The van der Waals surface area contributed by atoms with Gasteiger partial charge in [-0.15, -0.1) is 0 Å². The zero-order valence-electron chi connectivity index (χ0n) is 17.8. The second-order valence-corrected chi connectivity index (χ2v) is 9.21. The van der Waals surface area contributed by atoms with Crippen molar-refractivity contribution in [3.8, 4) is 11.5 Å². The normalized spacial score (nSPS) is 35.1. The number of phenols is 1. The molecule has 2 fully saturated rings. The highest BCUT2D eigenvalue weighted by Crippen LogP contribution is 2.65. The molecule has 1 spiro atoms. The van der Waals surface area contributed by atoms with Crippen LogP contribution in [0.15, 0.2) is 12.1 Å². The van der Waals surface area contributed by atoms with Crippen LogP contribution in [-0.4, -0.2) is 84.6 Å². The lowest BCUT2D eigenvalue weighted by Gasteiger charge is -2.63. The Bertz CT molecular complexity index is 938. The zero-order valence-corrected chi connectivity index (χ0v) is 17.8. The molecule has 2 bridgehead atoms. The Morgan fingerprint density at radius 1 is 1.29 bits per heavy atom. The van der Waals surface area contributed by atoms with Crippen molar-refractivity contribution < 1.29 is 29.3 Å². The van der Waals surface area contributed by atoms with Gasteiger partial charge < -0.3 is 35.2 Å². The first-order valence-corrected chi connectivity index (χ1v) is 10.8. The SMILES string of the molecule is CNC(=O)COCC(=O)N[C@H]1CC[C@@]2(O)C3Cc4ccc(O)c5c4[C@@]2(CCN3C)[C@H]1O5. The largest absolute Gasteiger partial charge is 0.504 e. The number of benzene rings is 1. The second kappa shape index (κ2) is 7.08. The maximum atomic E-state index is 12.5. The molecule has 2 heterocycles. The molecule has 1 aromatic rings. The van der Waals surface area contributed by atoms with Crippen molar-refractivity contribution in [1.82, 2.24) is 15.5 Å². The van der Waals surface area contributed by atoms with Gasteiger partial charge in [-0.25, -0.2) is 0 Å². The lowest BCUT2D eigenvalue weighted by Crippen LogP contribution is -2.77. The first-order chi connectivity index (χ1) is 14.8. The van der Waals surface area contributed by atoms with Crippen molar-refractivity contribution in [2.24, 2.45) is 0 Å². The number of likely N-dealkylation sites (N-methyl/N-ethyl adjacent to an activating group) is 2. The summed E-state index contributed by atoms with van der Waals surface area (Å²) >= 11 is 0. The molecule has 168 valence electrons. The van der Waals surface area contributed by atoms with Crippen LogP contribution in [0.25, 0.3) is 0 Å². The van der Waals surface area contributed by atoms with Gasteiger partial charge in [0.25, 0.3) is 0 Å². The highest BCUT2D eigenvalue weighted by Gasteiger charge is 2.72. The van der Waals surface area contributed by atoms with E-state index >= 15 is 0 Å². The molecule has 31 heavy (non-hydrogen) atoms. The van der Waals surface area contributed by atoms with Crippen LogP contribution in [0.1, 0.15) is 30.4 Å². The number of ether oxygens (including phenoxy) is 2. The lowest BCUT2D eigenvalue weighted by molar-refractivity contribution is -0.187. The third-order valence-electron chi connectivity index (χ3n) is 7.82. The van der Waals surface area contributed by atoms with Gasteiger partial charge in [-0.2, -0.15) is 0 Å². The fraction of sp³-hybridized carbons (Fsp3) is 0.636. The minimum Gasteiger partial charge on any atom is -0.504 e. The molecule has 1 saturated heterocycles. The zero-order chi connectivity index (χ0) is 22.0. The number of aliphatic hydroxyl groups is 1. The van der Waals surface area contributed by atoms with E-state index in [0.29, 0.717) is 31.4 Å². The van der Waals surface area contributed by atoms with E-state index in [4.69, 9.17) is 9.47 Å². The van der Waals surface area contributed by atoms with Gasteiger partial charge in [-0.1, -0.05) is 6.07 Å². The number of hydrogen-bond acceptors (Lipinski definition) is 7. The Hall–Kier alpha value is -2.36. The first kappa shape index (κ1) is 20.5. The Kier molecular flexibility index (Phi) is 4.69. The van der Waals surface area contributed by atoms with Gasteiger partial charge in [0.15, 0.2) is 11.5 Å². The first-order valence-electron chi connectivity index (χ1n) is 10.8. The Labute approximate surface area is 180 Å². The predicted molar refractivity (Wildman–Crippen MR) is 110 cm³/mol. The maximum Gasteiger partial charge on any atom is 0.246 e. The van der Waals surface area contributed by atoms with Crippen molar-refractivity contribution in [2.45, 2.75) is 54.9 Å². The standard InChI is InChI=1S/C22H29N3O6/c1-23-16(27)10-30-11-17(28)24-13-5-6-22(29)15-9-12-3-4-14(26)19-18(12)21(22,20(13)31-19)7-8-25(15)2/h3-4,13,15,20,26,29H,5-11H2,1-2H3,(H,23,27)(H,24,28)/t13-,15?,20-,21-,22+/m0/s1. The summed E-state index contributed by atoms with van der Waals surface area (Å²) in [7, 11) is 3.55. The van der Waals surface area contributed by atoms with Crippen molar-refractivity contribution in [3.05, 3.63) is 23.3 Å². The average Bonchev–Trinajstić information content (AvgIpc) is 3.10. The number of carbonyl (C=O) groups excluding carboxylic acids is 2. The molecule has 2 amide bonds. The fourth-order valence-corrected chi connectivity index (χ4v) is 6.46. The van der Waals surface area contributed by atoms with Crippen molar-refractivity contribution in [3.63, 3.8) is 0 Å². The number of nitrogens with one attached hydrogen (secondary N) is 2. The highest BCUT2D eigenvalue weighted by atomic mass is 16.5. The lowest BCUT2D eigenvalue weighted by atomic mass is 9.48. The summed E-state index contributed by atoms with van der Waals surface area (Å²) in [5.74, 6) is -0.117. The number of nitrogens with zero attached hydrogens (tertiary/aromatic N) is 1. The van der Waals surface area contributed by atoms with E-state index in [1.165, 1.54) is 7.05 Å². The second-order valence-electron chi connectivity index (χ2n) is 9.21. The van der Waals surface area contributed by atoms with Crippen molar-refractivity contribution in [2.75, 3.05) is 33.9 Å². The molecule has 1 aromatic carbocycles. The molecule has 2 aliphatic heterocycles. The topological polar surface area (TPSA) is 120 Å². The van der Waals surface area contributed by atoms with E-state index in [1.807, 2.05) is 13.1 Å². The van der Waals surface area contributed by atoms with Gasteiger partial charge in [0.2, 0.25) is 11.8 Å². The van der Waals surface area contributed by atoms with Crippen LogP contribution >= 0.6 is 0 Å². The summed E-state index contributed by atoms with van der Waals surface area (Å²) in [5, 5.41) is 28.1. The Morgan fingerprint density at radius 3 is 2.84 bits per heavy atom. The van der Waals surface area contributed by atoms with Crippen LogP contribution in [0.4, 0.5) is 0 Å². The number of piperidine rings is 1. The third-order valence-corrected chi connectivity index (χ3v) is 7.82. The number of carbonyl (C=O) groups is 2. The summed E-state index contributed by atoms with van der Waals surface area (Å²) in [6.07, 6.45) is 1.99. The summed E-state index contributed by atoms with van der Waals surface area (Å²) in [4.78, 5) is 26.1. The van der Waals surface area contributed by atoms with E-state index in [-0.39, 0.29) is 42.9 Å². The predicted octanol–water partition coefficient (Wildman–Crippen LogP) is -0.576. The van der Waals surface area contributed by atoms with E-state index in [9.17, 15) is 19.8 Å². The van der Waals surface area contributed by atoms with Crippen LogP contribution < -0.4 is 15.4 Å². The number of phenolic OH excluding ortho intramolecular Hbond substituents is 1. The highest BCUT2D eigenvalue weighted by molar-refractivity contribution is 5.79. The molecule has 0 radical (unpaired) electrons. The van der Waals surface area contributed by atoms with Gasteiger partial charge in [0, 0.05) is 18.7 Å². The maximum absolute atomic E-state index is 12.5. The van der Waals surface area contributed by atoms with E-state index in [1.54, 1.807) is 6.07 Å². The van der Waals surface area contributed by atoms with E-state index < -0.39 is 17.1 Å². The van der Waals surface area contributed by atoms with Crippen LogP contribution in [0.5, 0.6) is 11.5 Å². The summed E-state index contributed by atoms with van der Waals surface area (Å²) in [5.41, 5.74) is 0.343. The smallest absolute Gasteiger partial charge is 0.246 e. The number of rotatable bonds is 5. The molecular formula is C22H29N3O6. The fourth-order valence-electron chi connectivity index (χ4n) is 6.46. The van der Waals surface area contributed by atoms with Gasteiger partial charge >= 0.3 is 0 Å². The van der Waals surface area contributed by atoms with E-state index in [0.717, 1.165) is 17.7 Å². The molecule has 9 heteroatoms. The summed E-state index contributed by atoms with van der Waals surface area (Å²) in [6.45, 7) is 0.384. The van der Waals surface area contributed by atoms with Crippen LogP contribution in [0.3, 0.4) is 0 Å². The minimum atomic E-state index is -0.992.